The van der Waals surface area contributed by atoms with Crippen molar-refractivity contribution in [3.63, 3.8) is 0 Å². The van der Waals surface area contributed by atoms with Crippen molar-refractivity contribution in [2.75, 3.05) is 6.54 Å². The lowest BCUT2D eigenvalue weighted by molar-refractivity contribution is -0.120. The zero-order valence-corrected chi connectivity index (χ0v) is 13.9. The van der Waals surface area contributed by atoms with Gasteiger partial charge in [0.2, 0.25) is 11.8 Å². The smallest absolute Gasteiger partial charge is 0.226 e. The fraction of sp³-hybridized carbons (Fsp3) is 0.444. The van der Waals surface area contributed by atoms with E-state index < -0.39 is 0 Å². The Morgan fingerprint density at radius 1 is 1.30 bits per heavy atom. The number of amides is 1. The van der Waals surface area contributed by atoms with E-state index in [2.05, 4.69) is 10.3 Å². The maximum absolute atomic E-state index is 12.0. The zero-order chi connectivity index (χ0) is 16.8. The number of rotatable bonds is 7. The van der Waals surface area contributed by atoms with Crippen LogP contribution in [0.4, 0.5) is 0 Å². The van der Waals surface area contributed by atoms with Gasteiger partial charge < -0.3 is 14.8 Å². The Labute approximate surface area is 136 Å². The molecule has 124 valence electrons. The fourth-order valence-corrected chi connectivity index (χ4v) is 2.46. The highest BCUT2D eigenvalue weighted by molar-refractivity contribution is 5.78. The van der Waals surface area contributed by atoms with E-state index in [1.807, 2.05) is 44.2 Å². The Hall–Kier alpha value is -2.14. The molecule has 1 aromatic carbocycles. The van der Waals surface area contributed by atoms with E-state index in [0.717, 1.165) is 5.56 Å². The minimum Gasteiger partial charge on any atom is -0.441 e. The maximum atomic E-state index is 12.0. The van der Waals surface area contributed by atoms with E-state index in [-0.39, 0.29) is 24.3 Å². The van der Waals surface area contributed by atoms with E-state index in [1.165, 1.54) is 0 Å². The molecule has 0 aliphatic heterocycles. The summed E-state index contributed by atoms with van der Waals surface area (Å²) < 4.78 is 5.66. The van der Waals surface area contributed by atoms with Gasteiger partial charge in [0.25, 0.3) is 0 Å². The van der Waals surface area contributed by atoms with Crippen LogP contribution in [0.2, 0.25) is 0 Å². The third kappa shape index (κ3) is 5.21. The van der Waals surface area contributed by atoms with Gasteiger partial charge in [0.05, 0.1) is 18.2 Å². The summed E-state index contributed by atoms with van der Waals surface area (Å²) in [7, 11) is 0. The minimum absolute atomic E-state index is 0.0848. The van der Waals surface area contributed by atoms with Crippen LogP contribution < -0.4 is 5.32 Å². The molecule has 2 aromatic rings. The first-order valence-electron chi connectivity index (χ1n) is 7.92. The molecule has 0 bridgehead atoms. The Morgan fingerprint density at radius 3 is 2.65 bits per heavy atom. The normalized spacial score (nSPS) is 13.6. The lowest BCUT2D eigenvalue weighted by Crippen LogP contribution is -2.30. The van der Waals surface area contributed by atoms with Gasteiger partial charge in [-0.2, -0.15) is 0 Å². The third-order valence-corrected chi connectivity index (χ3v) is 3.63. The Morgan fingerprint density at radius 2 is 2.00 bits per heavy atom. The number of aromatic nitrogens is 1. The summed E-state index contributed by atoms with van der Waals surface area (Å²) in [6, 6.07) is 9.62. The SMILES string of the molecule is Cc1oc(-c2ccccc2)nc1CC(=O)NCC(C)CC(C)O. The molecule has 2 unspecified atom stereocenters. The number of carbonyl (C=O) groups is 1. The highest BCUT2D eigenvalue weighted by atomic mass is 16.4. The highest BCUT2D eigenvalue weighted by Crippen LogP contribution is 2.21. The number of aliphatic hydroxyl groups is 1. The zero-order valence-electron chi connectivity index (χ0n) is 13.9. The van der Waals surface area contributed by atoms with Crippen molar-refractivity contribution >= 4 is 5.91 Å². The van der Waals surface area contributed by atoms with Crippen LogP contribution >= 0.6 is 0 Å². The molecule has 0 saturated heterocycles. The average molecular weight is 316 g/mol. The fourth-order valence-electron chi connectivity index (χ4n) is 2.46. The number of aryl methyl sites for hydroxylation is 1. The Kier molecular flexibility index (Phi) is 5.93. The number of nitrogens with zero attached hydrogens (tertiary/aromatic N) is 1. The number of aliphatic hydroxyl groups excluding tert-OH is 1. The Balaban J connectivity index is 1.93. The predicted octanol–water partition coefficient (Wildman–Crippen LogP) is 2.72. The van der Waals surface area contributed by atoms with Crippen molar-refractivity contribution in [2.24, 2.45) is 5.92 Å². The number of nitrogens with one attached hydrogen (secondary N) is 1. The summed E-state index contributed by atoms with van der Waals surface area (Å²) in [5.41, 5.74) is 1.55. The largest absolute Gasteiger partial charge is 0.441 e. The average Bonchev–Trinajstić information content (AvgIpc) is 2.86. The maximum Gasteiger partial charge on any atom is 0.226 e. The predicted molar refractivity (Wildman–Crippen MR) is 88.9 cm³/mol. The molecular formula is C18H24N2O3. The van der Waals surface area contributed by atoms with E-state index in [1.54, 1.807) is 6.92 Å². The standard InChI is InChI=1S/C18H24N2O3/c1-12(9-13(2)21)11-19-17(22)10-16-14(3)23-18(20-16)15-7-5-4-6-8-15/h4-8,12-13,21H,9-11H2,1-3H3,(H,19,22). The van der Waals surface area contributed by atoms with Crippen molar-refractivity contribution in [3.8, 4) is 11.5 Å². The number of hydrogen-bond donors (Lipinski definition) is 2. The molecule has 0 radical (unpaired) electrons. The van der Waals surface area contributed by atoms with E-state index in [0.29, 0.717) is 30.3 Å². The van der Waals surface area contributed by atoms with Crippen LogP contribution in [-0.4, -0.2) is 28.6 Å². The molecule has 5 nitrogen and oxygen atoms in total. The molecule has 0 saturated carbocycles. The molecule has 2 N–H and O–H groups in total. The van der Waals surface area contributed by atoms with Crippen LogP contribution in [-0.2, 0) is 11.2 Å². The van der Waals surface area contributed by atoms with Crippen molar-refractivity contribution in [2.45, 2.75) is 39.7 Å². The van der Waals surface area contributed by atoms with Gasteiger partial charge in [-0.05, 0) is 38.3 Å². The van der Waals surface area contributed by atoms with Crippen LogP contribution in [0.25, 0.3) is 11.5 Å². The first-order chi connectivity index (χ1) is 11.0. The van der Waals surface area contributed by atoms with Crippen LogP contribution in [0.3, 0.4) is 0 Å². The summed E-state index contributed by atoms with van der Waals surface area (Å²) in [6.07, 6.45) is 0.512. The van der Waals surface area contributed by atoms with E-state index in [4.69, 9.17) is 4.42 Å². The first-order valence-corrected chi connectivity index (χ1v) is 7.92. The highest BCUT2D eigenvalue weighted by Gasteiger charge is 2.15. The van der Waals surface area contributed by atoms with Gasteiger partial charge in [-0.1, -0.05) is 25.1 Å². The number of carbonyl (C=O) groups excluding carboxylic acids is 1. The number of benzene rings is 1. The Bertz CT molecular complexity index is 635. The third-order valence-electron chi connectivity index (χ3n) is 3.63. The number of oxazole rings is 1. The molecule has 0 fully saturated rings. The monoisotopic (exact) mass is 316 g/mol. The van der Waals surface area contributed by atoms with Gasteiger partial charge in [0, 0.05) is 12.1 Å². The second kappa shape index (κ2) is 7.92. The summed E-state index contributed by atoms with van der Waals surface area (Å²) in [5.74, 6) is 1.35. The molecule has 0 spiro atoms. The van der Waals surface area contributed by atoms with Gasteiger partial charge in [-0.3, -0.25) is 4.79 Å². The van der Waals surface area contributed by atoms with Crippen LogP contribution in [0.1, 0.15) is 31.7 Å². The minimum atomic E-state index is -0.354. The molecular weight excluding hydrogens is 292 g/mol. The first kappa shape index (κ1) is 17.2. The van der Waals surface area contributed by atoms with Crippen molar-refractivity contribution < 1.29 is 14.3 Å². The summed E-state index contributed by atoms with van der Waals surface area (Å²) >= 11 is 0. The second-order valence-corrected chi connectivity index (χ2v) is 6.06. The molecule has 1 amide bonds. The molecule has 0 aliphatic carbocycles. The summed E-state index contributed by atoms with van der Waals surface area (Å²) in [4.78, 5) is 16.5. The van der Waals surface area contributed by atoms with Crippen LogP contribution in [0.5, 0.6) is 0 Å². The lowest BCUT2D eigenvalue weighted by atomic mass is 10.0. The molecule has 1 heterocycles. The number of hydrogen-bond acceptors (Lipinski definition) is 4. The quantitative estimate of drug-likeness (QED) is 0.823. The lowest BCUT2D eigenvalue weighted by Gasteiger charge is -2.13. The summed E-state index contributed by atoms with van der Waals surface area (Å²) in [6.45, 7) is 6.12. The van der Waals surface area contributed by atoms with Crippen LogP contribution in [0.15, 0.2) is 34.7 Å². The van der Waals surface area contributed by atoms with Crippen LogP contribution in [0, 0.1) is 12.8 Å². The van der Waals surface area contributed by atoms with Gasteiger partial charge in [-0.15, -0.1) is 0 Å². The molecule has 1 aromatic heterocycles. The van der Waals surface area contributed by atoms with Crippen molar-refractivity contribution in [1.29, 1.82) is 0 Å². The van der Waals surface area contributed by atoms with Gasteiger partial charge in [0.1, 0.15) is 5.76 Å². The van der Waals surface area contributed by atoms with Gasteiger partial charge in [-0.25, -0.2) is 4.98 Å². The second-order valence-electron chi connectivity index (χ2n) is 6.06. The molecule has 0 aliphatic rings. The topological polar surface area (TPSA) is 75.4 Å². The van der Waals surface area contributed by atoms with E-state index in [9.17, 15) is 9.90 Å². The summed E-state index contributed by atoms with van der Waals surface area (Å²) in [5, 5.41) is 12.2. The molecule has 2 rings (SSSR count). The van der Waals surface area contributed by atoms with Gasteiger partial charge in [0.15, 0.2) is 0 Å². The van der Waals surface area contributed by atoms with Crippen molar-refractivity contribution in [1.82, 2.24) is 10.3 Å². The molecule has 2 atom stereocenters. The molecule has 23 heavy (non-hydrogen) atoms. The van der Waals surface area contributed by atoms with Crippen molar-refractivity contribution in [3.05, 3.63) is 41.8 Å². The van der Waals surface area contributed by atoms with Gasteiger partial charge >= 0.3 is 0 Å². The van der Waals surface area contributed by atoms with E-state index >= 15 is 0 Å². The molecule has 5 heteroatoms.